The van der Waals surface area contributed by atoms with Crippen LogP contribution in [0.5, 0.6) is 11.5 Å². The molecule has 1 aliphatic rings. The van der Waals surface area contributed by atoms with Crippen molar-refractivity contribution in [1.29, 1.82) is 0 Å². The van der Waals surface area contributed by atoms with Gasteiger partial charge in [0, 0.05) is 24.3 Å². The highest BCUT2D eigenvalue weighted by Crippen LogP contribution is 2.37. The zero-order valence-corrected chi connectivity index (χ0v) is 19.2. The van der Waals surface area contributed by atoms with Gasteiger partial charge in [-0.15, -0.1) is 0 Å². The Bertz CT molecular complexity index is 1100. The first kappa shape index (κ1) is 21.7. The summed E-state index contributed by atoms with van der Waals surface area (Å²) in [5, 5.41) is 4.23. The van der Waals surface area contributed by atoms with Crippen LogP contribution in [-0.4, -0.2) is 50.4 Å². The van der Waals surface area contributed by atoms with Crippen molar-refractivity contribution in [3.63, 3.8) is 0 Å². The maximum atomic E-state index is 12.9. The van der Waals surface area contributed by atoms with E-state index in [4.69, 9.17) is 30.8 Å². The second kappa shape index (κ2) is 9.30. The van der Waals surface area contributed by atoms with Crippen molar-refractivity contribution < 1.29 is 19.0 Å². The lowest BCUT2D eigenvalue weighted by molar-refractivity contribution is 0.102. The Morgan fingerprint density at radius 3 is 2.74 bits per heavy atom. The molecule has 164 valence electrons. The molecule has 7 nitrogen and oxygen atoms in total. The van der Waals surface area contributed by atoms with Crippen molar-refractivity contribution in [3.05, 3.63) is 40.9 Å². The van der Waals surface area contributed by atoms with Gasteiger partial charge in [-0.3, -0.25) is 4.79 Å². The van der Waals surface area contributed by atoms with E-state index >= 15 is 0 Å². The molecule has 0 radical (unpaired) electrons. The Morgan fingerprint density at radius 2 is 2.03 bits per heavy atom. The topological polar surface area (TPSA) is 72.9 Å². The van der Waals surface area contributed by atoms with Crippen molar-refractivity contribution in [2.45, 2.75) is 20.0 Å². The number of rotatable bonds is 6. The SMILES string of the molecule is COc1cc(C(=O)Nc2ccc3nc(N4CCOCC4)sc3c2)cc(Cl)c1OC(C)C. The highest BCUT2D eigenvalue weighted by Gasteiger charge is 2.18. The van der Waals surface area contributed by atoms with Crippen molar-refractivity contribution in [3.8, 4) is 11.5 Å². The van der Waals surface area contributed by atoms with Crippen LogP contribution in [0.3, 0.4) is 0 Å². The number of anilines is 2. The Labute approximate surface area is 189 Å². The van der Waals surface area contributed by atoms with Crippen LogP contribution < -0.4 is 19.7 Å². The van der Waals surface area contributed by atoms with Crippen LogP contribution in [0.25, 0.3) is 10.2 Å². The molecule has 0 spiro atoms. The van der Waals surface area contributed by atoms with E-state index in [9.17, 15) is 4.79 Å². The van der Waals surface area contributed by atoms with Crippen LogP contribution in [0.4, 0.5) is 10.8 Å². The number of benzene rings is 2. The predicted octanol–water partition coefficient (Wildman–Crippen LogP) is 4.83. The largest absolute Gasteiger partial charge is 0.493 e. The third kappa shape index (κ3) is 4.87. The zero-order chi connectivity index (χ0) is 22.0. The van der Waals surface area contributed by atoms with E-state index in [1.807, 2.05) is 32.0 Å². The van der Waals surface area contributed by atoms with E-state index in [0.717, 1.165) is 28.4 Å². The Morgan fingerprint density at radius 1 is 1.26 bits per heavy atom. The zero-order valence-electron chi connectivity index (χ0n) is 17.6. The summed E-state index contributed by atoms with van der Waals surface area (Å²) in [4.78, 5) is 19.8. The van der Waals surface area contributed by atoms with Crippen LogP contribution >= 0.6 is 22.9 Å². The predicted molar refractivity (Wildman–Crippen MR) is 124 cm³/mol. The van der Waals surface area contributed by atoms with Gasteiger partial charge in [0.15, 0.2) is 16.6 Å². The number of amides is 1. The van der Waals surface area contributed by atoms with Crippen molar-refractivity contribution in [2.24, 2.45) is 0 Å². The summed E-state index contributed by atoms with van der Waals surface area (Å²) in [6, 6.07) is 8.90. The second-order valence-corrected chi connectivity index (χ2v) is 8.80. The quantitative estimate of drug-likeness (QED) is 0.566. The number of nitrogens with one attached hydrogen (secondary N) is 1. The number of carbonyl (C=O) groups excluding carboxylic acids is 1. The van der Waals surface area contributed by atoms with Gasteiger partial charge >= 0.3 is 0 Å². The molecule has 0 atom stereocenters. The second-order valence-electron chi connectivity index (χ2n) is 7.39. The number of morpholine rings is 1. The molecule has 1 N–H and O–H groups in total. The lowest BCUT2D eigenvalue weighted by atomic mass is 10.1. The standard InChI is InChI=1S/C22H24ClN3O4S/c1-13(2)30-20-16(23)10-14(11-18(20)28-3)21(27)24-15-4-5-17-19(12-15)31-22(25-17)26-6-8-29-9-7-26/h4-5,10-13H,6-9H2,1-3H3,(H,24,27). The third-order valence-corrected chi connectivity index (χ3v) is 6.12. The molecule has 0 unspecified atom stereocenters. The molecule has 0 saturated carbocycles. The number of hydrogen-bond acceptors (Lipinski definition) is 7. The van der Waals surface area contributed by atoms with Gasteiger partial charge in [0.1, 0.15) is 0 Å². The van der Waals surface area contributed by atoms with Gasteiger partial charge in [-0.25, -0.2) is 4.98 Å². The molecule has 4 rings (SSSR count). The summed E-state index contributed by atoms with van der Waals surface area (Å²) >= 11 is 7.96. The fraction of sp³-hybridized carbons (Fsp3) is 0.364. The smallest absolute Gasteiger partial charge is 0.255 e. The van der Waals surface area contributed by atoms with Crippen LogP contribution in [0.2, 0.25) is 5.02 Å². The number of nitrogens with zero attached hydrogens (tertiary/aromatic N) is 2. The number of carbonyl (C=O) groups is 1. The van der Waals surface area contributed by atoms with Gasteiger partial charge < -0.3 is 24.4 Å². The fourth-order valence-corrected chi connectivity index (χ4v) is 4.60. The lowest BCUT2D eigenvalue weighted by Crippen LogP contribution is -2.36. The van der Waals surface area contributed by atoms with Gasteiger partial charge in [0.2, 0.25) is 0 Å². The minimum Gasteiger partial charge on any atom is -0.493 e. The summed E-state index contributed by atoms with van der Waals surface area (Å²) in [5.41, 5.74) is 1.98. The highest BCUT2D eigenvalue weighted by atomic mass is 35.5. The molecule has 2 aromatic carbocycles. The maximum absolute atomic E-state index is 12.9. The number of aromatic nitrogens is 1. The van der Waals surface area contributed by atoms with Crippen LogP contribution in [0, 0.1) is 0 Å². The van der Waals surface area contributed by atoms with Gasteiger partial charge in [0.25, 0.3) is 5.91 Å². The molecule has 2 heterocycles. The molecular weight excluding hydrogens is 438 g/mol. The van der Waals surface area contributed by atoms with Gasteiger partial charge in [0.05, 0.1) is 41.7 Å². The molecule has 3 aromatic rings. The third-order valence-electron chi connectivity index (χ3n) is 4.76. The molecule has 1 saturated heterocycles. The lowest BCUT2D eigenvalue weighted by Gasteiger charge is -2.25. The maximum Gasteiger partial charge on any atom is 0.255 e. The molecule has 31 heavy (non-hydrogen) atoms. The minimum atomic E-state index is -0.284. The van der Waals surface area contributed by atoms with Crippen LogP contribution in [-0.2, 0) is 4.74 Å². The first-order chi connectivity index (χ1) is 14.9. The highest BCUT2D eigenvalue weighted by molar-refractivity contribution is 7.22. The van der Waals surface area contributed by atoms with Crippen LogP contribution in [0.15, 0.2) is 30.3 Å². The average molecular weight is 462 g/mol. The molecule has 1 aromatic heterocycles. The number of thiazole rings is 1. The van der Waals surface area contributed by atoms with Crippen LogP contribution in [0.1, 0.15) is 24.2 Å². The molecule has 9 heteroatoms. The summed E-state index contributed by atoms with van der Waals surface area (Å²) < 4.78 is 17.5. The first-order valence-electron chi connectivity index (χ1n) is 10.0. The van der Waals surface area contributed by atoms with Crippen molar-refractivity contribution >= 4 is 49.9 Å². The molecule has 1 amide bonds. The summed E-state index contributed by atoms with van der Waals surface area (Å²) in [6.45, 7) is 6.90. The van der Waals surface area contributed by atoms with E-state index in [2.05, 4.69) is 10.2 Å². The summed E-state index contributed by atoms with van der Waals surface area (Å²) in [5.74, 6) is 0.561. The van der Waals surface area contributed by atoms with E-state index in [-0.39, 0.29) is 12.0 Å². The van der Waals surface area contributed by atoms with Gasteiger partial charge in [-0.1, -0.05) is 22.9 Å². The fourth-order valence-electron chi connectivity index (χ4n) is 3.28. The normalized spacial score (nSPS) is 14.2. The Hall–Kier alpha value is -2.55. The average Bonchev–Trinajstić information content (AvgIpc) is 3.18. The number of ether oxygens (including phenoxy) is 3. The molecule has 0 aliphatic carbocycles. The van der Waals surface area contributed by atoms with Crippen molar-refractivity contribution in [2.75, 3.05) is 43.6 Å². The molecule has 1 fully saturated rings. The Balaban J connectivity index is 1.54. The summed E-state index contributed by atoms with van der Waals surface area (Å²) in [6.07, 6.45) is -0.0698. The van der Waals surface area contributed by atoms with Gasteiger partial charge in [-0.05, 0) is 44.2 Å². The molecule has 0 bridgehead atoms. The molecule has 1 aliphatic heterocycles. The monoisotopic (exact) mass is 461 g/mol. The number of hydrogen-bond donors (Lipinski definition) is 1. The number of methoxy groups -OCH3 is 1. The van der Waals surface area contributed by atoms with E-state index in [0.29, 0.717) is 41.0 Å². The van der Waals surface area contributed by atoms with E-state index in [1.54, 1.807) is 23.5 Å². The molecular formula is C22H24ClN3O4S. The first-order valence-corrected chi connectivity index (χ1v) is 11.2. The van der Waals surface area contributed by atoms with Gasteiger partial charge in [-0.2, -0.15) is 0 Å². The Kier molecular flexibility index (Phi) is 6.50. The number of fused-ring (bicyclic) bond motifs is 1. The van der Waals surface area contributed by atoms with Crippen molar-refractivity contribution in [1.82, 2.24) is 4.98 Å². The minimum absolute atomic E-state index is 0.0698. The van der Waals surface area contributed by atoms with E-state index in [1.165, 1.54) is 7.11 Å². The number of halogens is 1. The van der Waals surface area contributed by atoms with E-state index < -0.39 is 0 Å². The summed E-state index contributed by atoms with van der Waals surface area (Å²) in [7, 11) is 1.52.